The van der Waals surface area contributed by atoms with Crippen molar-refractivity contribution in [2.24, 2.45) is 0 Å². The van der Waals surface area contributed by atoms with Crippen LogP contribution >= 0.6 is 0 Å². The second-order valence-corrected chi connectivity index (χ2v) is 4.07. The van der Waals surface area contributed by atoms with Gasteiger partial charge in [0.25, 0.3) is 0 Å². The van der Waals surface area contributed by atoms with Crippen LogP contribution in [0.3, 0.4) is 0 Å². The van der Waals surface area contributed by atoms with Crippen LogP contribution in [0, 0.1) is 0 Å². The highest BCUT2D eigenvalue weighted by molar-refractivity contribution is 5.82. The maximum atomic E-state index is 11.3. The maximum absolute atomic E-state index is 11.3. The number of hydrogen-bond donors (Lipinski definition) is 3. The fraction of sp³-hybridized carbons (Fsp3) is 0.778. The molecule has 1 aliphatic rings. The van der Waals surface area contributed by atoms with Crippen molar-refractivity contribution in [1.82, 2.24) is 10.6 Å². The van der Waals surface area contributed by atoms with Gasteiger partial charge in [0.15, 0.2) is 0 Å². The van der Waals surface area contributed by atoms with Crippen molar-refractivity contribution >= 4 is 12.0 Å². The Hall–Kier alpha value is -1.26. The third kappa shape index (κ3) is 2.61. The Labute approximate surface area is 82.9 Å². The molecule has 0 heterocycles. The fourth-order valence-corrected chi connectivity index (χ4v) is 1.40. The van der Waals surface area contributed by atoms with Crippen LogP contribution in [0.4, 0.5) is 4.79 Å². The molecule has 1 aliphatic carbocycles. The van der Waals surface area contributed by atoms with Crippen LogP contribution in [0.5, 0.6) is 0 Å². The molecule has 14 heavy (non-hydrogen) atoms. The summed E-state index contributed by atoms with van der Waals surface area (Å²) in [5, 5.41) is 13.7. The molecule has 1 rings (SSSR count). The van der Waals surface area contributed by atoms with E-state index < -0.39 is 18.0 Å². The Morgan fingerprint density at radius 1 is 1.43 bits per heavy atom. The summed E-state index contributed by atoms with van der Waals surface area (Å²) in [7, 11) is 0. The van der Waals surface area contributed by atoms with Crippen LogP contribution in [0.25, 0.3) is 0 Å². The number of carbonyl (C=O) groups is 2. The van der Waals surface area contributed by atoms with E-state index in [-0.39, 0.29) is 5.54 Å². The van der Waals surface area contributed by atoms with Crippen molar-refractivity contribution in [2.45, 2.75) is 44.7 Å². The molecule has 1 unspecified atom stereocenters. The summed E-state index contributed by atoms with van der Waals surface area (Å²) >= 11 is 0. The minimum atomic E-state index is -1.03. The minimum Gasteiger partial charge on any atom is -0.480 e. The van der Waals surface area contributed by atoms with Gasteiger partial charge < -0.3 is 15.7 Å². The van der Waals surface area contributed by atoms with Gasteiger partial charge in [-0.25, -0.2) is 4.79 Å². The molecule has 0 aliphatic heterocycles. The van der Waals surface area contributed by atoms with E-state index in [2.05, 4.69) is 10.6 Å². The molecule has 1 saturated carbocycles. The van der Waals surface area contributed by atoms with Gasteiger partial charge >= 0.3 is 12.0 Å². The van der Waals surface area contributed by atoms with Gasteiger partial charge in [-0.15, -0.1) is 0 Å². The summed E-state index contributed by atoms with van der Waals surface area (Å²) in [5.41, 5.74) is -0.137. The van der Waals surface area contributed by atoms with Gasteiger partial charge in [0, 0.05) is 5.54 Å². The highest BCUT2D eigenvalue weighted by Crippen LogP contribution is 2.30. The zero-order chi connectivity index (χ0) is 10.8. The molecule has 1 fully saturated rings. The third-order valence-corrected chi connectivity index (χ3v) is 2.59. The standard InChI is InChI=1S/C9H16N2O3/c1-6(7(12)13)10-8(14)11-9(2)4-3-5-9/h6H,3-5H2,1-2H3,(H,12,13)(H2,10,11,14). The van der Waals surface area contributed by atoms with Crippen molar-refractivity contribution in [3.05, 3.63) is 0 Å². The molecular formula is C9H16N2O3. The van der Waals surface area contributed by atoms with Crippen LogP contribution in [-0.2, 0) is 4.79 Å². The number of rotatable bonds is 3. The molecule has 80 valence electrons. The topological polar surface area (TPSA) is 78.4 Å². The van der Waals surface area contributed by atoms with Gasteiger partial charge in [-0.3, -0.25) is 4.79 Å². The maximum Gasteiger partial charge on any atom is 0.325 e. The highest BCUT2D eigenvalue weighted by Gasteiger charge is 2.33. The lowest BCUT2D eigenvalue weighted by atomic mass is 9.79. The zero-order valence-electron chi connectivity index (χ0n) is 8.46. The van der Waals surface area contributed by atoms with Gasteiger partial charge in [-0.1, -0.05) is 0 Å². The molecule has 2 amide bonds. The van der Waals surface area contributed by atoms with Crippen molar-refractivity contribution in [2.75, 3.05) is 0 Å². The van der Waals surface area contributed by atoms with Gasteiger partial charge in [0.2, 0.25) is 0 Å². The van der Waals surface area contributed by atoms with Crippen molar-refractivity contribution < 1.29 is 14.7 Å². The summed E-state index contributed by atoms with van der Waals surface area (Å²) in [6.07, 6.45) is 3.04. The monoisotopic (exact) mass is 200 g/mol. The SMILES string of the molecule is CC(NC(=O)NC1(C)CCC1)C(=O)O. The number of amides is 2. The van der Waals surface area contributed by atoms with Crippen molar-refractivity contribution in [3.63, 3.8) is 0 Å². The molecule has 0 aromatic rings. The molecule has 3 N–H and O–H groups in total. The van der Waals surface area contributed by atoms with Crippen LogP contribution < -0.4 is 10.6 Å². The minimum absolute atomic E-state index is 0.137. The normalized spacial score (nSPS) is 20.4. The van der Waals surface area contributed by atoms with Crippen LogP contribution in [0.1, 0.15) is 33.1 Å². The summed E-state index contributed by atoms with van der Waals surface area (Å²) in [5.74, 6) is -1.03. The summed E-state index contributed by atoms with van der Waals surface area (Å²) in [6, 6.07) is -1.25. The number of aliphatic carboxylic acids is 1. The van der Waals surface area contributed by atoms with Gasteiger partial charge in [-0.05, 0) is 33.1 Å². The Morgan fingerprint density at radius 2 is 2.00 bits per heavy atom. The predicted octanol–water partition coefficient (Wildman–Crippen LogP) is 0.701. The van der Waals surface area contributed by atoms with Crippen molar-refractivity contribution in [3.8, 4) is 0 Å². The van der Waals surface area contributed by atoms with E-state index in [1.807, 2.05) is 6.92 Å². The average Bonchev–Trinajstić information content (AvgIpc) is 2.00. The molecular weight excluding hydrogens is 184 g/mol. The smallest absolute Gasteiger partial charge is 0.325 e. The number of carboxylic acids is 1. The molecule has 5 heteroatoms. The quantitative estimate of drug-likeness (QED) is 0.627. The Bertz CT molecular complexity index is 248. The number of hydrogen-bond acceptors (Lipinski definition) is 2. The van der Waals surface area contributed by atoms with E-state index in [9.17, 15) is 9.59 Å². The first-order chi connectivity index (χ1) is 6.43. The van der Waals surface area contributed by atoms with E-state index in [4.69, 9.17) is 5.11 Å². The van der Waals surface area contributed by atoms with E-state index in [1.165, 1.54) is 6.92 Å². The lowest BCUT2D eigenvalue weighted by Crippen LogP contribution is -2.56. The van der Waals surface area contributed by atoms with E-state index in [0.717, 1.165) is 19.3 Å². The molecule has 5 nitrogen and oxygen atoms in total. The molecule has 0 saturated heterocycles. The molecule has 0 bridgehead atoms. The Morgan fingerprint density at radius 3 is 2.36 bits per heavy atom. The van der Waals surface area contributed by atoms with Crippen molar-refractivity contribution in [1.29, 1.82) is 0 Å². The number of nitrogens with one attached hydrogen (secondary N) is 2. The number of carboxylic acid groups (broad SMARTS) is 1. The Kier molecular flexibility index (Phi) is 2.98. The lowest BCUT2D eigenvalue weighted by Gasteiger charge is -2.39. The predicted molar refractivity (Wildman–Crippen MR) is 51.0 cm³/mol. The molecule has 1 atom stereocenters. The van der Waals surface area contributed by atoms with E-state index >= 15 is 0 Å². The first-order valence-electron chi connectivity index (χ1n) is 4.74. The first kappa shape index (κ1) is 10.8. The average molecular weight is 200 g/mol. The summed E-state index contributed by atoms with van der Waals surface area (Å²) in [4.78, 5) is 21.7. The third-order valence-electron chi connectivity index (χ3n) is 2.59. The van der Waals surface area contributed by atoms with Crippen LogP contribution in [0.2, 0.25) is 0 Å². The zero-order valence-corrected chi connectivity index (χ0v) is 8.46. The summed E-state index contributed by atoms with van der Waals surface area (Å²) in [6.45, 7) is 3.40. The fourth-order valence-electron chi connectivity index (χ4n) is 1.40. The van der Waals surface area contributed by atoms with Gasteiger partial charge in [0.1, 0.15) is 6.04 Å². The van der Waals surface area contributed by atoms with Crippen LogP contribution in [-0.4, -0.2) is 28.7 Å². The summed E-state index contributed by atoms with van der Waals surface area (Å²) < 4.78 is 0. The Balaban J connectivity index is 2.32. The highest BCUT2D eigenvalue weighted by atomic mass is 16.4. The number of urea groups is 1. The van der Waals surface area contributed by atoms with E-state index in [1.54, 1.807) is 0 Å². The second-order valence-electron chi connectivity index (χ2n) is 4.07. The van der Waals surface area contributed by atoms with Gasteiger partial charge in [0.05, 0.1) is 0 Å². The lowest BCUT2D eigenvalue weighted by molar-refractivity contribution is -0.138. The number of carbonyl (C=O) groups excluding carboxylic acids is 1. The molecule has 0 spiro atoms. The van der Waals surface area contributed by atoms with Gasteiger partial charge in [-0.2, -0.15) is 0 Å². The molecule has 0 radical (unpaired) electrons. The first-order valence-corrected chi connectivity index (χ1v) is 4.74. The van der Waals surface area contributed by atoms with E-state index in [0.29, 0.717) is 0 Å². The van der Waals surface area contributed by atoms with Crippen LogP contribution in [0.15, 0.2) is 0 Å². The largest absolute Gasteiger partial charge is 0.480 e. The second kappa shape index (κ2) is 3.86. The molecule has 0 aromatic carbocycles. The molecule has 0 aromatic heterocycles.